The maximum absolute atomic E-state index is 14.0. The van der Waals surface area contributed by atoms with Crippen LogP contribution in [0.2, 0.25) is 0 Å². The van der Waals surface area contributed by atoms with E-state index in [1.165, 1.54) is 20.4 Å². The summed E-state index contributed by atoms with van der Waals surface area (Å²) in [5.74, 6) is 0.323. The number of aromatic nitrogens is 1. The van der Waals surface area contributed by atoms with Crippen LogP contribution in [0.4, 0.5) is 0 Å². The van der Waals surface area contributed by atoms with Gasteiger partial charge >= 0.3 is 0 Å². The van der Waals surface area contributed by atoms with Crippen LogP contribution in [-0.4, -0.2) is 33.4 Å². The molecule has 0 aliphatic heterocycles. The van der Waals surface area contributed by atoms with Crippen molar-refractivity contribution in [3.63, 3.8) is 0 Å². The van der Waals surface area contributed by atoms with Crippen LogP contribution in [0, 0.1) is 13.8 Å². The van der Waals surface area contributed by atoms with Gasteiger partial charge in [0.05, 0.1) is 35.1 Å². The van der Waals surface area contributed by atoms with E-state index in [4.69, 9.17) is 9.47 Å². The van der Waals surface area contributed by atoms with E-state index in [2.05, 4.69) is 4.98 Å². The Morgan fingerprint density at radius 2 is 1.52 bits per heavy atom. The van der Waals surface area contributed by atoms with Gasteiger partial charge in [0.2, 0.25) is 9.84 Å². The molecule has 0 bridgehead atoms. The van der Waals surface area contributed by atoms with Crippen molar-refractivity contribution in [1.82, 2.24) is 4.98 Å². The lowest BCUT2D eigenvalue weighted by Gasteiger charge is -2.16. The van der Waals surface area contributed by atoms with E-state index in [9.17, 15) is 13.2 Å². The van der Waals surface area contributed by atoms with Gasteiger partial charge in [-0.15, -0.1) is 0 Å². The van der Waals surface area contributed by atoms with Gasteiger partial charge < -0.3 is 9.47 Å². The van der Waals surface area contributed by atoms with E-state index in [0.29, 0.717) is 22.6 Å². The molecule has 0 spiro atoms. The minimum Gasteiger partial charge on any atom is -0.493 e. The van der Waals surface area contributed by atoms with Crippen LogP contribution >= 0.6 is 0 Å². The summed E-state index contributed by atoms with van der Waals surface area (Å²) in [4.78, 5) is 17.8. The Balaban J connectivity index is 2.09. The van der Waals surface area contributed by atoms with Crippen LogP contribution in [0.15, 0.2) is 76.7 Å². The summed E-state index contributed by atoms with van der Waals surface area (Å²) in [5.41, 5.74) is 2.56. The summed E-state index contributed by atoms with van der Waals surface area (Å²) < 4.78 is 38.7. The Hall–Kier alpha value is -3.71. The molecule has 0 fully saturated rings. The highest BCUT2D eigenvalue weighted by Gasteiger charge is 2.29. The molecule has 7 heteroatoms. The first kappa shape index (κ1) is 22.5. The molecule has 0 saturated carbocycles. The molecule has 1 heterocycles. The number of benzene rings is 3. The van der Waals surface area contributed by atoms with E-state index in [1.54, 1.807) is 60.7 Å². The molecule has 0 aliphatic carbocycles. The van der Waals surface area contributed by atoms with Gasteiger partial charge in [-0.1, -0.05) is 36.4 Å². The van der Waals surface area contributed by atoms with Gasteiger partial charge in [-0.2, -0.15) is 0 Å². The number of methoxy groups -OCH3 is 2. The molecule has 0 aliphatic rings. The number of hydrogen-bond acceptors (Lipinski definition) is 6. The van der Waals surface area contributed by atoms with Crippen LogP contribution in [-0.2, 0) is 9.84 Å². The molecule has 33 heavy (non-hydrogen) atoms. The number of rotatable bonds is 6. The molecule has 6 nitrogen and oxygen atoms in total. The van der Waals surface area contributed by atoms with E-state index in [0.717, 1.165) is 11.1 Å². The zero-order valence-electron chi connectivity index (χ0n) is 18.7. The number of aryl methyl sites for hydroxylation is 2. The molecule has 1 aromatic heterocycles. The normalized spacial score (nSPS) is 11.4. The molecule has 4 rings (SSSR count). The van der Waals surface area contributed by atoms with Crippen molar-refractivity contribution in [3.05, 3.63) is 89.1 Å². The van der Waals surface area contributed by atoms with Crippen molar-refractivity contribution in [2.45, 2.75) is 23.6 Å². The van der Waals surface area contributed by atoms with Gasteiger partial charge in [0, 0.05) is 23.2 Å². The lowest BCUT2D eigenvalue weighted by atomic mass is 10.0. The quantitative estimate of drug-likeness (QED) is 0.379. The summed E-state index contributed by atoms with van der Waals surface area (Å²) in [5, 5.41) is 0.285. The maximum Gasteiger partial charge on any atom is 0.208 e. The fourth-order valence-electron chi connectivity index (χ4n) is 3.69. The van der Waals surface area contributed by atoms with E-state index >= 15 is 0 Å². The van der Waals surface area contributed by atoms with Gasteiger partial charge in [0.15, 0.2) is 17.3 Å². The minimum absolute atomic E-state index is 0.000789. The number of carbonyl (C=O) groups excluding carboxylic acids is 1. The summed E-state index contributed by atoms with van der Waals surface area (Å²) in [6.07, 6.45) is 1.32. The number of ketones is 1. The summed E-state index contributed by atoms with van der Waals surface area (Å²) in [6, 6.07) is 16.6. The molecule has 0 radical (unpaired) electrons. The SMILES string of the molecule is COc1cc2ncc(C(=O)c3ccccc3)c(S(=O)(=O)c3ccc(C)c(C)c3)c2cc1OC. The zero-order valence-corrected chi connectivity index (χ0v) is 19.6. The van der Waals surface area contributed by atoms with Gasteiger partial charge in [-0.25, -0.2) is 8.42 Å². The minimum atomic E-state index is -4.09. The van der Waals surface area contributed by atoms with Gasteiger partial charge in [-0.3, -0.25) is 9.78 Å². The Morgan fingerprint density at radius 3 is 2.15 bits per heavy atom. The number of pyridine rings is 1. The van der Waals surface area contributed by atoms with E-state index in [1.807, 2.05) is 13.8 Å². The second kappa shape index (κ2) is 8.67. The molecular weight excluding hydrogens is 438 g/mol. The number of carbonyl (C=O) groups is 1. The first-order chi connectivity index (χ1) is 15.8. The molecule has 4 aromatic rings. The average Bonchev–Trinajstić information content (AvgIpc) is 2.83. The molecular formula is C26H23NO5S. The zero-order chi connectivity index (χ0) is 23.8. The Kier molecular flexibility index (Phi) is 5.91. The van der Waals surface area contributed by atoms with Crippen molar-refractivity contribution in [2.75, 3.05) is 14.2 Å². The lowest BCUT2D eigenvalue weighted by molar-refractivity contribution is 0.103. The maximum atomic E-state index is 14.0. The molecule has 0 unspecified atom stereocenters. The summed E-state index contributed by atoms with van der Waals surface area (Å²) in [6.45, 7) is 3.76. The predicted molar refractivity (Wildman–Crippen MR) is 126 cm³/mol. The highest BCUT2D eigenvalue weighted by atomic mass is 32.2. The van der Waals surface area contributed by atoms with Gasteiger partial charge in [-0.05, 0) is 43.2 Å². The standard InChI is InChI=1S/C26H23NO5S/c1-16-10-11-19(12-17(16)2)33(29,30)26-20-13-23(31-3)24(32-4)14-22(20)27-15-21(26)25(28)18-8-6-5-7-9-18/h5-15H,1-4H3. The Bertz CT molecular complexity index is 1480. The van der Waals surface area contributed by atoms with Crippen LogP contribution in [0.3, 0.4) is 0 Å². The monoisotopic (exact) mass is 461 g/mol. The summed E-state index contributed by atoms with van der Waals surface area (Å²) in [7, 11) is -1.13. The van der Waals surface area contributed by atoms with Gasteiger partial charge in [0.25, 0.3) is 0 Å². The smallest absolute Gasteiger partial charge is 0.208 e. The number of hydrogen-bond donors (Lipinski definition) is 0. The predicted octanol–water partition coefficient (Wildman–Crippen LogP) is 4.93. The van der Waals surface area contributed by atoms with Crippen molar-refractivity contribution in [1.29, 1.82) is 0 Å². The molecule has 0 amide bonds. The average molecular weight is 462 g/mol. The highest BCUT2D eigenvalue weighted by molar-refractivity contribution is 7.91. The fraction of sp³-hybridized carbons (Fsp3) is 0.154. The number of fused-ring (bicyclic) bond motifs is 1. The molecule has 0 N–H and O–H groups in total. The molecule has 3 aromatic carbocycles. The van der Waals surface area contributed by atoms with Crippen LogP contribution in [0.1, 0.15) is 27.0 Å². The third-order valence-corrected chi connectivity index (χ3v) is 7.51. The largest absolute Gasteiger partial charge is 0.493 e. The Labute approximate surface area is 192 Å². The highest BCUT2D eigenvalue weighted by Crippen LogP contribution is 2.38. The van der Waals surface area contributed by atoms with Crippen LogP contribution < -0.4 is 9.47 Å². The van der Waals surface area contributed by atoms with Crippen molar-refractivity contribution in [2.24, 2.45) is 0 Å². The molecule has 168 valence electrons. The topological polar surface area (TPSA) is 82.6 Å². The number of sulfone groups is 1. The van der Waals surface area contributed by atoms with E-state index in [-0.39, 0.29) is 20.7 Å². The van der Waals surface area contributed by atoms with Crippen LogP contribution in [0.5, 0.6) is 11.5 Å². The third-order valence-electron chi connectivity index (χ3n) is 5.66. The lowest BCUT2D eigenvalue weighted by Crippen LogP contribution is -2.13. The first-order valence-corrected chi connectivity index (χ1v) is 11.7. The first-order valence-electron chi connectivity index (χ1n) is 10.2. The third kappa shape index (κ3) is 3.96. The van der Waals surface area contributed by atoms with E-state index < -0.39 is 15.6 Å². The Morgan fingerprint density at radius 1 is 0.848 bits per heavy atom. The molecule has 0 atom stereocenters. The second-order valence-corrected chi connectivity index (χ2v) is 9.56. The van der Waals surface area contributed by atoms with Crippen molar-refractivity contribution < 1.29 is 22.7 Å². The summed E-state index contributed by atoms with van der Waals surface area (Å²) >= 11 is 0. The molecule has 0 saturated heterocycles. The number of nitrogens with zero attached hydrogens (tertiary/aromatic N) is 1. The van der Waals surface area contributed by atoms with Crippen LogP contribution in [0.25, 0.3) is 10.9 Å². The van der Waals surface area contributed by atoms with Crippen molar-refractivity contribution in [3.8, 4) is 11.5 Å². The fourth-order valence-corrected chi connectivity index (χ4v) is 5.39. The van der Waals surface area contributed by atoms with Gasteiger partial charge in [0.1, 0.15) is 0 Å². The number of ether oxygens (including phenoxy) is 2. The second-order valence-electron chi connectivity index (χ2n) is 7.67. The van der Waals surface area contributed by atoms with Crippen molar-refractivity contribution >= 4 is 26.5 Å².